The highest BCUT2D eigenvalue weighted by Gasteiger charge is 2.30. The highest BCUT2D eigenvalue weighted by Crippen LogP contribution is 2.26. The summed E-state index contributed by atoms with van der Waals surface area (Å²) >= 11 is 0. The second kappa shape index (κ2) is 2.94. The summed E-state index contributed by atoms with van der Waals surface area (Å²) in [5.41, 5.74) is 0. The number of hydrogen-bond acceptors (Lipinski definition) is 1. The third-order valence-electron chi connectivity index (χ3n) is 1.11. The number of rotatable bonds is 2. The van der Waals surface area contributed by atoms with Gasteiger partial charge in [-0.25, -0.2) is 0 Å². The Hall–Kier alpha value is -0.670. The van der Waals surface area contributed by atoms with Gasteiger partial charge in [-0.15, -0.1) is 0 Å². The zero-order valence-corrected chi connectivity index (χ0v) is 5.57. The number of halogens is 3. The van der Waals surface area contributed by atoms with Crippen LogP contribution in [-0.4, -0.2) is 11.3 Å². The van der Waals surface area contributed by atoms with Gasteiger partial charge in [0.25, 0.3) is 0 Å². The highest BCUT2D eigenvalue weighted by atomic mass is 19.4. The fourth-order valence-corrected chi connectivity index (χ4v) is 0.465. The van der Waals surface area contributed by atoms with Gasteiger partial charge in [0.15, 0.2) is 0 Å². The molecule has 4 heteroatoms. The molecule has 0 spiro atoms. The SMILES string of the molecule is C=C(O)C(C)CC(F)(F)F. The maximum Gasteiger partial charge on any atom is 0.389 e. The van der Waals surface area contributed by atoms with E-state index < -0.39 is 24.3 Å². The van der Waals surface area contributed by atoms with Gasteiger partial charge in [0.1, 0.15) is 0 Å². The summed E-state index contributed by atoms with van der Waals surface area (Å²) in [7, 11) is 0. The Bertz CT molecular complexity index is 127. The lowest BCUT2D eigenvalue weighted by molar-refractivity contribution is -0.142. The van der Waals surface area contributed by atoms with Crippen LogP contribution in [0.3, 0.4) is 0 Å². The largest absolute Gasteiger partial charge is 0.513 e. The van der Waals surface area contributed by atoms with Gasteiger partial charge in [0.2, 0.25) is 0 Å². The van der Waals surface area contributed by atoms with E-state index >= 15 is 0 Å². The van der Waals surface area contributed by atoms with Crippen molar-refractivity contribution in [2.75, 3.05) is 0 Å². The van der Waals surface area contributed by atoms with E-state index in [1.54, 1.807) is 0 Å². The topological polar surface area (TPSA) is 20.2 Å². The third kappa shape index (κ3) is 4.23. The molecule has 0 aliphatic heterocycles. The molecular formula is C6H9F3O. The van der Waals surface area contributed by atoms with Gasteiger partial charge in [-0.1, -0.05) is 13.5 Å². The molecule has 0 saturated carbocycles. The Morgan fingerprint density at radius 1 is 1.60 bits per heavy atom. The second-order valence-electron chi connectivity index (χ2n) is 2.21. The van der Waals surface area contributed by atoms with E-state index in [2.05, 4.69) is 6.58 Å². The summed E-state index contributed by atoms with van der Waals surface area (Å²) < 4.78 is 34.5. The number of allylic oxidation sites excluding steroid dienone is 1. The van der Waals surface area contributed by atoms with Gasteiger partial charge in [-0.05, 0) is 0 Å². The van der Waals surface area contributed by atoms with Crippen LogP contribution < -0.4 is 0 Å². The lowest BCUT2D eigenvalue weighted by Gasteiger charge is -2.11. The van der Waals surface area contributed by atoms with Crippen LogP contribution in [0, 0.1) is 5.92 Å². The lowest BCUT2D eigenvalue weighted by atomic mass is 10.1. The number of alkyl halides is 3. The molecule has 10 heavy (non-hydrogen) atoms. The summed E-state index contributed by atoms with van der Waals surface area (Å²) in [4.78, 5) is 0. The van der Waals surface area contributed by atoms with Crippen LogP contribution in [0.15, 0.2) is 12.3 Å². The van der Waals surface area contributed by atoms with Crippen LogP contribution in [0.5, 0.6) is 0 Å². The Labute approximate surface area is 57.2 Å². The van der Waals surface area contributed by atoms with Gasteiger partial charge in [0.05, 0.1) is 12.2 Å². The minimum absolute atomic E-state index is 0.419. The molecule has 0 aromatic heterocycles. The predicted molar refractivity (Wildman–Crippen MR) is 31.6 cm³/mol. The lowest BCUT2D eigenvalue weighted by Crippen LogP contribution is -2.13. The van der Waals surface area contributed by atoms with Crippen molar-refractivity contribution in [3.63, 3.8) is 0 Å². The molecule has 1 atom stereocenters. The first-order chi connectivity index (χ1) is 4.33. The van der Waals surface area contributed by atoms with Gasteiger partial charge >= 0.3 is 6.18 Å². The quantitative estimate of drug-likeness (QED) is 0.606. The summed E-state index contributed by atoms with van der Waals surface area (Å²) in [6.45, 7) is 4.27. The molecule has 1 N–H and O–H groups in total. The van der Waals surface area contributed by atoms with Crippen molar-refractivity contribution in [2.24, 2.45) is 5.92 Å². The zero-order valence-electron chi connectivity index (χ0n) is 5.57. The molecular weight excluding hydrogens is 145 g/mol. The molecule has 0 amide bonds. The maximum atomic E-state index is 11.5. The fourth-order valence-electron chi connectivity index (χ4n) is 0.465. The molecule has 0 aromatic rings. The van der Waals surface area contributed by atoms with E-state index in [9.17, 15) is 13.2 Å². The smallest absolute Gasteiger partial charge is 0.389 e. The molecule has 0 radical (unpaired) electrons. The molecule has 60 valence electrons. The third-order valence-corrected chi connectivity index (χ3v) is 1.11. The highest BCUT2D eigenvalue weighted by molar-refractivity contribution is 4.86. The van der Waals surface area contributed by atoms with Gasteiger partial charge in [0, 0.05) is 5.92 Å². The molecule has 0 aliphatic carbocycles. The minimum atomic E-state index is -4.22. The minimum Gasteiger partial charge on any atom is -0.513 e. The molecule has 0 bridgehead atoms. The fraction of sp³-hybridized carbons (Fsp3) is 0.667. The Morgan fingerprint density at radius 2 is 2.00 bits per heavy atom. The second-order valence-corrected chi connectivity index (χ2v) is 2.21. The monoisotopic (exact) mass is 154 g/mol. The van der Waals surface area contributed by atoms with Crippen molar-refractivity contribution in [2.45, 2.75) is 19.5 Å². The van der Waals surface area contributed by atoms with Gasteiger partial charge < -0.3 is 5.11 Å². The Balaban J connectivity index is 3.80. The number of aliphatic hydroxyl groups excluding tert-OH is 1. The van der Waals surface area contributed by atoms with Gasteiger partial charge in [-0.2, -0.15) is 13.2 Å². The molecule has 1 nitrogen and oxygen atoms in total. The molecule has 1 unspecified atom stereocenters. The van der Waals surface area contributed by atoms with E-state index in [4.69, 9.17) is 5.11 Å². The number of aliphatic hydroxyl groups is 1. The molecule has 0 saturated heterocycles. The maximum absolute atomic E-state index is 11.5. The van der Waals surface area contributed by atoms with E-state index in [1.807, 2.05) is 0 Å². The number of hydrogen-bond donors (Lipinski definition) is 1. The van der Waals surface area contributed by atoms with Crippen LogP contribution in [0.4, 0.5) is 13.2 Å². The Kier molecular flexibility index (Phi) is 2.75. The molecule has 0 aliphatic rings. The average Bonchev–Trinajstić information content (AvgIpc) is 1.60. The molecule has 0 aromatic carbocycles. The van der Waals surface area contributed by atoms with Crippen molar-refractivity contribution >= 4 is 0 Å². The summed E-state index contributed by atoms with van der Waals surface area (Å²) in [5, 5.41) is 8.49. The normalized spacial score (nSPS) is 14.8. The first-order valence-electron chi connectivity index (χ1n) is 2.77. The first kappa shape index (κ1) is 9.33. The van der Waals surface area contributed by atoms with E-state index in [1.165, 1.54) is 6.92 Å². The van der Waals surface area contributed by atoms with Crippen LogP contribution in [0.2, 0.25) is 0 Å². The Morgan fingerprint density at radius 3 is 2.10 bits per heavy atom. The summed E-state index contributed by atoms with van der Waals surface area (Å²) in [6, 6.07) is 0. The van der Waals surface area contributed by atoms with Crippen molar-refractivity contribution < 1.29 is 18.3 Å². The van der Waals surface area contributed by atoms with Crippen LogP contribution in [0.25, 0.3) is 0 Å². The average molecular weight is 154 g/mol. The van der Waals surface area contributed by atoms with Crippen molar-refractivity contribution in [3.8, 4) is 0 Å². The summed E-state index contributed by atoms with van der Waals surface area (Å²) in [6.07, 6.45) is -5.23. The zero-order chi connectivity index (χ0) is 8.36. The predicted octanol–water partition coefficient (Wildman–Crippen LogP) is 2.65. The van der Waals surface area contributed by atoms with Crippen molar-refractivity contribution in [3.05, 3.63) is 12.3 Å². The van der Waals surface area contributed by atoms with Crippen LogP contribution in [0.1, 0.15) is 13.3 Å². The first-order valence-corrected chi connectivity index (χ1v) is 2.77. The van der Waals surface area contributed by atoms with Crippen LogP contribution >= 0.6 is 0 Å². The van der Waals surface area contributed by atoms with Crippen LogP contribution in [-0.2, 0) is 0 Å². The van der Waals surface area contributed by atoms with E-state index in [0.717, 1.165) is 0 Å². The van der Waals surface area contributed by atoms with E-state index in [0.29, 0.717) is 0 Å². The standard InChI is InChI=1S/C6H9F3O/c1-4(5(2)10)3-6(7,8)9/h4,10H,2-3H2,1H3. The van der Waals surface area contributed by atoms with Crippen molar-refractivity contribution in [1.82, 2.24) is 0 Å². The molecule has 0 rings (SSSR count). The molecule has 0 heterocycles. The van der Waals surface area contributed by atoms with Crippen molar-refractivity contribution in [1.29, 1.82) is 0 Å². The summed E-state index contributed by atoms with van der Waals surface area (Å²) in [5.74, 6) is -1.32. The van der Waals surface area contributed by atoms with Gasteiger partial charge in [-0.3, -0.25) is 0 Å². The van der Waals surface area contributed by atoms with E-state index in [-0.39, 0.29) is 0 Å². The molecule has 0 fully saturated rings.